The average molecular weight is 298 g/mol. The van der Waals surface area contributed by atoms with Crippen molar-refractivity contribution in [3.8, 4) is 0 Å². The highest BCUT2D eigenvalue weighted by Crippen LogP contribution is 2.17. The summed E-state index contributed by atoms with van der Waals surface area (Å²) in [6.45, 7) is 0. The summed E-state index contributed by atoms with van der Waals surface area (Å²) in [4.78, 5) is 21.4. The Bertz CT molecular complexity index is 459. The van der Waals surface area contributed by atoms with Gasteiger partial charge in [0.15, 0.2) is 0 Å². The number of hydrogen-bond acceptors (Lipinski definition) is 4. The van der Waals surface area contributed by atoms with E-state index in [0.717, 1.165) is 5.56 Å². The summed E-state index contributed by atoms with van der Waals surface area (Å²) in [5.74, 6) is -2.93. The van der Waals surface area contributed by atoms with E-state index >= 15 is 0 Å². The van der Waals surface area contributed by atoms with E-state index in [2.05, 4.69) is 0 Å². The molecule has 0 radical (unpaired) electrons. The maximum atomic E-state index is 10.9. The molecule has 0 aromatic heterocycles. The number of thiocarbonyl (C=S) groups is 1. The number of benzene rings is 1. The minimum absolute atomic E-state index is 0.188. The van der Waals surface area contributed by atoms with Gasteiger partial charge in [-0.05, 0) is 5.56 Å². The fourth-order valence-corrected chi connectivity index (χ4v) is 2.72. The van der Waals surface area contributed by atoms with Gasteiger partial charge in [0.05, 0.1) is 16.5 Å². The van der Waals surface area contributed by atoms with Crippen molar-refractivity contribution in [1.82, 2.24) is 0 Å². The molecule has 1 atom stereocenters. The summed E-state index contributed by atoms with van der Waals surface area (Å²) in [5, 5.41) is 17.5. The van der Waals surface area contributed by atoms with Crippen molar-refractivity contribution in [1.29, 1.82) is 0 Å². The molecule has 0 aliphatic carbocycles. The smallest absolute Gasteiger partial charge is 0.307 e. The molecule has 0 amide bonds. The van der Waals surface area contributed by atoms with Crippen molar-refractivity contribution in [3.63, 3.8) is 0 Å². The summed E-state index contributed by atoms with van der Waals surface area (Å²) >= 11 is 6.41. The Morgan fingerprint density at radius 1 is 1.21 bits per heavy atom. The fourth-order valence-electron chi connectivity index (χ4n) is 1.44. The number of carboxylic acids is 2. The first-order valence-electron chi connectivity index (χ1n) is 5.63. The van der Waals surface area contributed by atoms with Crippen molar-refractivity contribution in [2.24, 2.45) is 5.92 Å². The molecular formula is C13H14O4S2. The Hall–Kier alpha value is -1.40. The van der Waals surface area contributed by atoms with Crippen LogP contribution in [0.3, 0.4) is 0 Å². The molecule has 19 heavy (non-hydrogen) atoms. The van der Waals surface area contributed by atoms with Crippen LogP contribution in [0.15, 0.2) is 30.3 Å². The van der Waals surface area contributed by atoms with Gasteiger partial charge < -0.3 is 10.2 Å². The molecule has 1 rings (SSSR count). The molecule has 1 unspecified atom stereocenters. The fraction of sp³-hybridized carbons (Fsp3) is 0.308. The number of thioether (sulfide) groups is 1. The average Bonchev–Trinajstić information content (AvgIpc) is 2.35. The predicted octanol–water partition coefficient (Wildman–Crippen LogP) is 2.47. The third kappa shape index (κ3) is 6.35. The lowest BCUT2D eigenvalue weighted by Crippen LogP contribution is -2.20. The molecule has 0 fully saturated rings. The third-order valence-electron chi connectivity index (χ3n) is 2.41. The quantitative estimate of drug-likeness (QED) is 0.753. The lowest BCUT2D eigenvalue weighted by molar-refractivity contribution is -0.147. The highest BCUT2D eigenvalue weighted by atomic mass is 32.2. The molecule has 0 saturated heterocycles. The molecule has 1 aromatic carbocycles. The van der Waals surface area contributed by atoms with Gasteiger partial charge in [0.1, 0.15) is 0 Å². The van der Waals surface area contributed by atoms with Crippen molar-refractivity contribution < 1.29 is 19.8 Å². The summed E-state index contributed by atoms with van der Waals surface area (Å²) < 4.78 is 0.669. The van der Waals surface area contributed by atoms with Crippen LogP contribution in [-0.4, -0.2) is 32.1 Å². The zero-order valence-electron chi connectivity index (χ0n) is 10.1. The summed E-state index contributed by atoms with van der Waals surface area (Å²) in [5.41, 5.74) is 1.06. The lowest BCUT2D eigenvalue weighted by Gasteiger charge is -2.10. The Morgan fingerprint density at radius 3 is 2.37 bits per heavy atom. The zero-order valence-corrected chi connectivity index (χ0v) is 11.7. The van der Waals surface area contributed by atoms with Gasteiger partial charge in [-0.2, -0.15) is 0 Å². The van der Waals surface area contributed by atoms with Gasteiger partial charge in [-0.1, -0.05) is 42.5 Å². The van der Waals surface area contributed by atoms with Crippen LogP contribution < -0.4 is 0 Å². The number of carbonyl (C=O) groups is 2. The molecule has 0 spiro atoms. The first kappa shape index (κ1) is 15.7. The zero-order chi connectivity index (χ0) is 14.3. The van der Waals surface area contributed by atoms with Gasteiger partial charge in [-0.25, -0.2) is 0 Å². The van der Waals surface area contributed by atoms with Crippen LogP contribution in [0.25, 0.3) is 0 Å². The highest BCUT2D eigenvalue weighted by Gasteiger charge is 2.21. The summed E-state index contributed by atoms with van der Waals surface area (Å²) in [6.07, 6.45) is 0.205. The molecule has 6 heteroatoms. The first-order valence-corrected chi connectivity index (χ1v) is 7.02. The van der Waals surface area contributed by atoms with E-state index in [1.807, 2.05) is 30.3 Å². The molecule has 0 heterocycles. The van der Waals surface area contributed by atoms with E-state index in [-0.39, 0.29) is 12.2 Å². The van der Waals surface area contributed by atoms with Gasteiger partial charge >= 0.3 is 11.9 Å². The standard InChI is InChI=1S/C13H14O4S2/c14-11(15)7-10(13(16)17)8-19-12(18)6-9-4-2-1-3-5-9/h1-5,10H,6-8H2,(H,14,15)(H,16,17). The molecular weight excluding hydrogens is 284 g/mol. The minimum atomic E-state index is -1.11. The molecule has 0 bridgehead atoms. The van der Waals surface area contributed by atoms with E-state index in [0.29, 0.717) is 10.6 Å². The van der Waals surface area contributed by atoms with Crippen molar-refractivity contribution in [3.05, 3.63) is 35.9 Å². The van der Waals surface area contributed by atoms with Crippen LogP contribution >= 0.6 is 24.0 Å². The van der Waals surface area contributed by atoms with Crippen LogP contribution in [0, 0.1) is 5.92 Å². The topological polar surface area (TPSA) is 74.6 Å². The minimum Gasteiger partial charge on any atom is -0.481 e. The normalized spacial score (nSPS) is 11.8. The Kier molecular flexibility index (Phi) is 6.52. The Balaban J connectivity index is 2.44. The van der Waals surface area contributed by atoms with Gasteiger partial charge in [0.25, 0.3) is 0 Å². The van der Waals surface area contributed by atoms with Gasteiger partial charge in [0, 0.05) is 12.2 Å². The predicted molar refractivity (Wildman–Crippen MR) is 78.6 cm³/mol. The van der Waals surface area contributed by atoms with Crippen molar-refractivity contribution in [2.75, 3.05) is 5.75 Å². The number of rotatable bonds is 7. The molecule has 102 valence electrons. The Labute approximate surface area is 120 Å². The largest absolute Gasteiger partial charge is 0.481 e. The van der Waals surface area contributed by atoms with Crippen LogP contribution in [-0.2, 0) is 16.0 Å². The maximum absolute atomic E-state index is 10.9. The monoisotopic (exact) mass is 298 g/mol. The van der Waals surface area contributed by atoms with Gasteiger partial charge in [-0.3, -0.25) is 9.59 Å². The molecule has 4 nitrogen and oxygen atoms in total. The van der Waals surface area contributed by atoms with Crippen LogP contribution in [0.4, 0.5) is 0 Å². The van der Waals surface area contributed by atoms with Crippen LogP contribution in [0.1, 0.15) is 12.0 Å². The third-order valence-corrected chi connectivity index (χ3v) is 3.94. The molecule has 1 aromatic rings. The van der Waals surface area contributed by atoms with E-state index < -0.39 is 17.9 Å². The van der Waals surface area contributed by atoms with Crippen molar-refractivity contribution >= 4 is 40.1 Å². The van der Waals surface area contributed by atoms with Crippen LogP contribution in [0.2, 0.25) is 0 Å². The second kappa shape index (κ2) is 7.91. The Morgan fingerprint density at radius 2 is 1.84 bits per heavy atom. The second-order valence-corrected chi connectivity index (χ2v) is 5.84. The number of carboxylic acid groups (broad SMARTS) is 2. The van der Waals surface area contributed by atoms with Gasteiger partial charge in [-0.15, -0.1) is 11.8 Å². The SMILES string of the molecule is O=C(O)CC(CSC(=S)Cc1ccccc1)C(=O)O. The maximum Gasteiger partial charge on any atom is 0.307 e. The van der Waals surface area contributed by atoms with E-state index in [9.17, 15) is 9.59 Å². The molecule has 0 aliphatic heterocycles. The number of hydrogen-bond donors (Lipinski definition) is 2. The molecule has 0 saturated carbocycles. The van der Waals surface area contributed by atoms with E-state index in [1.165, 1.54) is 11.8 Å². The highest BCUT2D eigenvalue weighted by molar-refractivity contribution is 8.23. The van der Waals surface area contributed by atoms with Crippen molar-refractivity contribution in [2.45, 2.75) is 12.8 Å². The molecule has 0 aliphatic rings. The summed E-state index contributed by atoms with van der Waals surface area (Å²) in [6, 6.07) is 9.62. The van der Waals surface area contributed by atoms with E-state index in [4.69, 9.17) is 22.4 Å². The van der Waals surface area contributed by atoms with E-state index in [1.54, 1.807) is 0 Å². The number of aliphatic carboxylic acids is 2. The summed E-state index contributed by atoms with van der Waals surface area (Å²) in [7, 11) is 0. The second-order valence-electron chi connectivity index (χ2n) is 3.98. The first-order chi connectivity index (χ1) is 8.99. The van der Waals surface area contributed by atoms with Gasteiger partial charge in [0.2, 0.25) is 0 Å². The van der Waals surface area contributed by atoms with Crippen LogP contribution in [0.5, 0.6) is 0 Å². The molecule has 2 N–H and O–H groups in total. The lowest BCUT2D eigenvalue weighted by atomic mass is 10.1.